The van der Waals surface area contributed by atoms with Crippen LogP contribution in [0.25, 0.3) is 0 Å². The Kier molecular flexibility index (Phi) is 2.32. The molecule has 70 valence electrons. The zero-order chi connectivity index (χ0) is 8.55. The molecule has 0 N–H and O–H groups in total. The number of hydrogen-bond acceptors (Lipinski definition) is 4. The monoisotopic (exact) mass is 172 g/mol. The molecule has 4 nitrogen and oxygen atoms in total. The third-order valence-corrected chi connectivity index (χ3v) is 2.80. The first-order valence-electron chi connectivity index (χ1n) is 4.40. The van der Waals surface area contributed by atoms with Gasteiger partial charge in [0, 0.05) is 40.4 Å². The summed E-state index contributed by atoms with van der Waals surface area (Å²) in [6.07, 6.45) is 0.273. The fraction of sp³-hybridized carbons (Fsp3) is 1.00. The van der Waals surface area contributed by atoms with Crippen molar-refractivity contribution in [3.05, 3.63) is 0 Å². The predicted octanol–water partition coefficient (Wildman–Crippen LogP) is -0.437. The Labute approximate surface area is 73.0 Å². The van der Waals surface area contributed by atoms with Crippen LogP contribution in [-0.2, 0) is 9.47 Å². The minimum absolute atomic E-state index is 0.137. The molecule has 3 rings (SSSR count). The van der Waals surface area contributed by atoms with Gasteiger partial charge in [0.05, 0.1) is 0 Å². The van der Waals surface area contributed by atoms with Crippen LogP contribution < -0.4 is 0 Å². The van der Waals surface area contributed by atoms with E-state index in [4.69, 9.17) is 9.47 Å². The van der Waals surface area contributed by atoms with Gasteiger partial charge in [0.15, 0.2) is 0 Å². The van der Waals surface area contributed by atoms with Crippen molar-refractivity contribution in [2.24, 2.45) is 0 Å². The maximum atomic E-state index is 5.39. The first kappa shape index (κ1) is 8.44. The number of piperazine rings is 3. The van der Waals surface area contributed by atoms with Crippen LogP contribution in [0.2, 0.25) is 0 Å². The molecule has 0 saturated carbocycles. The Morgan fingerprint density at radius 1 is 0.833 bits per heavy atom. The van der Waals surface area contributed by atoms with Gasteiger partial charge in [-0.05, 0) is 0 Å². The second kappa shape index (κ2) is 3.30. The standard InChI is InChI=1S/C8H16N2O2/c1-11-7-8(12-2)10-5-3-9(7)4-6-10/h7-8H,3-6H2,1-2H3. The molecule has 3 saturated heterocycles. The Bertz CT molecular complexity index is 139. The van der Waals surface area contributed by atoms with Crippen molar-refractivity contribution in [1.29, 1.82) is 0 Å². The van der Waals surface area contributed by atoms with Gasteiger partial charge in [-0.25, -0.2) is 0 Å². The molecular weight excluding hydrogens is 156 g/mol. The molecule has 0 aromatic heterocycles. The van der Waals surface area contributed by atoms with Crippen molar-refractivity contribution in [3.8, 4) is 0 Å². The number of nitrogens with zero attached hydrogens (tertiary/aromatic N) is 2. The Balaban J connectivity index is 2.10. The van der Waals surface area contributed by atoms with E-state index in [1.165, 1.54) is 0 Å². The van der Waals surface area contributed by atoms with Crippen molar-refractivity contribution in [2.45, 2.75) is 12.5 Å². The lowest BCUT2D eigenvalue weighted by Gasteiger charge is -2.51. The topological polar surface area (TPSA) is 24.9 Å². The van der Waals surface area contributed by atoms with Gasteiger partial charge in [-0.15, -0.1) is 0 Å². The zero-order valence-corrected chi connectivity index (χ0v) is 7.69. The Morgan fingerprint density at radius 3 is 1.42 bits per heavy atom. The van der Waals surface area contributed by atoms with Crippen LogP contribution in [0, 0.1) is 0 Å². The summed E-state index contributed by atoms with van der Waals surface area (Å²) in [5.74, 6) is 0. The van der Waals surface area contributed by atoms with Crippen molar-refractivity contribution >= 4 is 0 Å². The van der Waals surface area contributed by atoms with E-state index in [2.05, 4.69) is 9.80 Å². The fourth-order valence-electron chi connectivity index (χ4n) is 2.14. The van der Waals surface area contributed by atoms with Gasteiger partial charge >= 0.3 is 0 Å². The quantitative estimate of drug-likeness (QED) is 0.564. The predicted molar refractivity (Wildman–Crippen MR) is 44.7 cm³/mol. The highest BCUT2D eigenvalue weighted by Gasteiger charge is 2.40. The van der Waals surface area contributed by atoms with E-state index in [1.54, 1.807) is 14.2 Å². The summed E-state index contributed by atoms with van der Waals surface area (Å²) in [5.41, 5.74) is 0. The summed E-state index contributed by atoms with van der Waals surface area (Å²) < 4.78 is 10.8. The van der Waals surface area contributed by atoms with Gasteiger partial charge in [-0.1, -0.05) is 0 Å². The van der Waals surface area contributed by atoms with E-state index >= 15 is 0 Å². The highest BCUT2D eigenvalue weighted by atomic mass is 16.6. The van der Waals surface area contributed by atoms with Crippen LogP contribution >= 0.6 is 0 Å². The smallest absolute Gasteiger partial charge is 0.150 e. The lowest BCUT2D eigenvalue weighted by Crippen LogP contribution is -2.67. The number of ether oxygens (including phenoxy) is 2. The van der Waals surface area contributed by atoms with E-state index in [0.717, 1.165) is 26.2 Å². The molecule has 12 heavy (non-hydrogen) atoms. The average Bonchev–Trinajstić information content (AvgIpc) is 2.18. The summed E-state index contributed by atoms with van der Waals surface area (Å²) in [4.78, 5) is 4.68. The maximum absolute atomic E-state index is 5.39. The van der Waals surface area contributed by atoms with E-state index in [1.807, 2.05) is 0 Å². The lowest BCUT2D eigenvalue weighted by atomic mass is 10.2. The van der Waals surface area contributed by atoms with Crippen LogP contribution in [-0.4, -0.2) is 62.7 Å². The summed E-state index contributed by atoms with van der Waals surface area (Å²) in [6.45, 7) is 4.44. The molecule has 0 spiro atoms. The van der Waals surface area contributed by atoms with Crippen LogP contribution in [0.3, 0.4) is 0 Å². The summed E-state index contributed by atoms with van der Waals surface area (Å²) >= 11 is 0. The van der Waals surface area contributed by atoms with Crippen molar-refractivity contribution in [3.63, 3.8) is 0 Å². The molecule has 2 atom stereocenters. The third-order valence-electron chi connectivity index (χ3n) is 2.80. The SMILES string of the molecule is COC1C(OC)N2CCN1CC2. The molecule has 0 aromatic carbocycles. The normalized spacial score (nSPS) is 46.5. The van der Waals surface area contributed by atoms with E-state index in [-0.39, 0.29) is 12.5 Å². The van der Waals surface area contributed by atoms with Gasteiger partial charge in [0.1, 0.15) is 12.5 Å². The molecule has 3 aliphatic rings. The first-order chi connectivity index (χ1) is 5.86. The first-order valence-corrected chi connectivity index (χ1v) is 4.40. The average molecular weight is 172 g/mol. The van der Waals surface area contributed by atoms with Gasteiger partial charge in [-0.3, -0.25) is 9.80 Å². The minimum atomic E-state index is 0.137. The van der Waals surface area contributed by atoms with Gasteiger partial charge in [0.2, 0.25) is 0 Å². The second-order valence-corrected chi connectivity index (χ2v) is 3.32. The molecule has 3 fully saturated rings. The van der Waals surface area contributed by atoms with Crippen LogP contribution in [0.4, 0.5) is 0 Å². The second-order valence-electron chi connectivity index (χ2n) is 3.32. The molecule has 4 heteroatoms. The minimum Gasteiger partial charge on any atom is -0.362 e. The van der Waals surface area contributed by atoms with Gasteiger partial charge < -0.3 is 9.47 Å². The molecule has 0 aliphatic carbocycles. The largest absolute Gasteiger partial charge is 0.362 e. The van der Waals surface area contributed by atoms with Crippen molar-refractivity contribution in [2.75, 3.05) is 40.4 Å². The molecule has 2 bridgehead atoms. The van der Waals surface area contributed by atoms with Crippen LogP contribution in [0.5, 0.6) is 0 Å². The number of rotatable bonds is 2. The van der Waals surface area contributed by atoms with E-state index < -0.39 is 0 Å². The van der Waals surface area contributed by atoms with Crippen molar-refractivity contribution < 1.29 is 9.47 Å². The van der Waals surface area contributed by atoms with E-state index in [0.29, 0.717) is 0 Å². The molecule has 3 aliphatic heterocycles. The van der Waals surface area contributed by atoms with Gasteiger partial charge in [-0.2, -0.15) is 0 Å². The molecular formula is C8H16N2O2. The summed E-state index contributed by atoms with van der Waals surface area (Å²) in [5, 5.41) is 0. The molecule has 3 heterocycles. The number of fused-ring (bicyclic) bond motifs is 3. The van der Waals surface area contributed by atoms with Crippen LogP contribution in [0.15, 0.2) is 0 Å². The van der Waals surface area contributed by atoms with Crippen LogP contribution in [0.1, 0.15) is 0 Å². The number of methoxy groups -OCH3 is 2. The zero-order valence-electron chi connectivity index (χ0n) is 7.69. The number of hydrogen-bond donors (Lipinski definition) is 0. The highest BCUT2D eigenvalue weighted by Crippen LogP contribution is 2.22. The van der Waals surface area contributed by atoms with Crippen molar-refractivity contribution in [1.82, 2.24) is 9.80 Å². The van der Waals surface area contributed by atoms with E-state index in [9.17, 15) is 0 Å². The summed E-state index contributed by atoms with van der Waals surface area (Å²) in [6, 6.07) is 0. The molecule has 0 aromatic rings. The lowest BCUT2D eigenvalue weighted by molar-refractivity contribution is -0.230. The molecule has 0 amide bonds. The summed E-state index contributed by atoms with van der Waals surface area (Å²) in [7, 11) is 3.50. The Hall–Kier alpha value is -0.160. The Morgan fingerprint density at radius 2 is 1.17 bits per heavy atom. The third kappa shape index (κ3) is 1.15. The molecule has 2 unspecified atom stereocenters. The molecule has 0 radical (unpaired) electrons. The highest BCUT2D eigenvalue weighted by molar-refractivity contribution is 4.87. The van der Waals surface area contributed by atoms with Gasteiger partial charge in [0.25, 0.3) is 0 Å². The maximum Gasteiger partial charge on any atom is 0.150 e. The fourth-order valence-corrected chi connectivity index (χ4v) is 2.14.